The molecule has 0 bridgehead atoms. The van der Waals surface area contributed by atoms with Crippen LogP contribution in [0.3, 0.4) is 0 Å². The summed E-state index contributed by atoms with van der Waals surface area (Å²) in [6.45, 7) is 6.46. The fourth-order valence-electron chi connectivity index (χ4n) is 2.74. The highest BCUT2D eigenvalue weighted by molar-refractivity contribution is 9.10. The van der Waals surface area contributed by atoms with Crippen LogP contribution in [0, 0.1) is 20.8 Å². The highest BCUT2D eigenvalue weighted by Gasteiger charge is 2.20. The van der Waals surface area contributed by atoms with Crippen molar-refractivity contribution in [2.24, 2.45) is 0 Å². The molecule has 1 aromatic heterocycles. The van der Waals surface area contributed by atoms with Crippen LogP contribution in [0.5, 0.6) is 0 Å². The minimum Gasteiger partial charge on any atom is -0.454 e. The van der Waals surface area contributed by atoms with Gasteiger partial charge in [0, 0.05) is 21.8 Å². The second-order valence-corrected chi connectivity index (χ2v) is 6.92. The van der Waals surface area contributed by atoms with Crippen molar-refractivity contribution < 1.29 is 19.1 Å². The fraction of sp³-hybridized carbons (Fsp3) is 0.250. The molecule has 5 nitrogen and oxygen atoms in total. The number of aryl methyl sites for hydroxylation is 2. The Kier molecular flexibility index (Phi) is 6.32. The summed E-state index contributed by atoms with van der Waals surface area (Å²) in [5.41, 5.74) is 3.95. The number of halogens is 1. The number of hydrogen-bond donors (Lipinski definition) is 1. The summed E-state index contributed by atoms with van der Waals surface area (Å²) in [7, 11) is 0. The second kappa shape index (κ2) is 8.27. The van der Waals surface area contributed by atoms with Gasteiger partial charge in [-0.25, -0.2) is 4.79 Å². The Morgan fingerprint density at radius 2 is 1.88 bits per heavy atom. The molecule has 6 heteroatoms. The molecule has 0 unspecified atom stereocenters. The van der Waals surface area contributed by atoms with Crippen molar-refractivity contribution in [1.82, 2.24) is 4.98 Å². The van der Waals surface area contributed by atoms with Crippen LogP contribution in [0.15, 0.2) is 28.7 Å². The maximum Gasteiger partial charge on any atom is 0.331 e. The van der Waals surface area contributed by atoms with E-state index in [2.05, 4.69) is 20.9 Å². The lowest BCUT2D eigenvalue weighted by atomic mass is 10.1. The highest BCUT2D eigenvalue weighted by Crippen LogP contribution is 2.20. The number of carbonyl (C=O) groups is 3. The summed E-state index contributed by atoms with van der Waals surface area (Å²) in [5.74, 6) is -1.10. The quantitative estimate of drug-likeness (QED) is 0.430. The molecule has 2 rings (SSSR count). The molecule has 1 aromatic carbocycles. The van der Waals surface area contributed by atoms with Crippen molar-refractivity contribution in [1.29, 1.82) is 0 Å². The first-order valence-corrected chi connectivity index (χ1v) is 8.84. The minimum atomic E-state index is -0.612. The van der Waals surface area contributed by atoms with Gasteiger partial charge in [-0.15, -0.1) is 0 Å². The number of ether oxygens (including phenoxy) is 1. The molecule has 0 saturated heterocycles. The molecule has 0 fully saturated rings. The van der Waals surface area contributed by atoms with Crippen molar-refractivity contribution in [3.8, 4) is 0 Å². The van der Waals surface area contributed by atoms with Crippen LogP contribution in [-0.4, -0.2) is 29.1 Å². The minimum absolute atomic E-state index is 0.112. The van der Waals surface area contributed by atoms with Crippen molar-refractivity contribution in [2.75, 3.05) is 6.61 Å². The number of Topliss-reactive ketones (excluding diaryl/α,β-unsaturated/α-hetero) is 2. The van der Waals surface area contributed by atoms with Gasteiger partial charge in [0.2, 0.25) is 5.78 Å². The summed E-state index contributed by atoms with van der Waals surface area (Å²) < 4.78 is 5.88. The van der Waals surface area contributed by atoms with Gasteiger partial charge in [0.05, 0.1) is 5.69 Å². The van der Waals surface area contributed by atoms with Gasteiger partial charge in [-0.05, 0) is 56.5 Å². The molecule has 0 amide bonds. The van der Waals surface area contributed by atoms with Gasteiger partial charge in [0.1, 0.15) is 0 Å². The van der Waals surface area contributed by atoms with E-state index >= 15 is 0 Å². The number of ketones is 2. The summed E-state index contributed by atoms with van der Waals surface area (Å²) in [6, 6.07) is 5.75. The third kappa shape index (κ3) is 4.58. The normalized spacial score (nSPS) is 11.0. The Hall–Kier alpha value is -2.47. The zero-order valence-electron chi connectivity index (χ0n) is 15.1. The van der Waals surface area contributed by atoms with Crippen LogP contribution in [0.1, 0.15) is 50.2 Å². The summed E-state index contributed by atoms with van der Waals surface area (Å²) in [5, 5.41) is 0. The van der Waals surface area contributed by atoms with Crippen LogP contribution in [-0.2, 0) is 9.53 Å². The molecular formula is C20H20BrNO4. The van der Waals surface area contributed by atoms with Gasteiger partial charge in [0.15, 0.2) is 12.4 Å². The largest absolute Gasteiger partial charge is 0.454 e. The summed E-state index contributed by atoms with van der Waals surface area (Å²) >= 11 is 3.43. The maximum atomic E-state index is 12.3. The molecular weight excluding hydrogens is 398 g/mol. The Bertz CT molecular complexity index is 909. The third-order valence-electron chi connectivity index (χ3n) is 3.97. The van der Waals surface area contributed by atoms with Gasteiger partial charge in [-0.3, -0.25) is 9.59 Å². The first-order chi connectivity index (χ1) is 12.2. The first kappa shape index (κ1) is 19.8. The standard InChI is InChI=1S/C20H20BrNO4/c1-11-5-6-15(16(21)9-11)7-8-18(25)26-10-17(24)20-12(2)19(14(4)23)13(3)22-20/h5-9,22H,10H2,1-4H3/b8-7+. The molecule has 26 heavy (non-hydrogen) atoms. The van der Waals surface area contributed by atoms with E-state index in [4.69, 9.17) is 4.74 Å². The molecule has 0 radical (unpaired) electrons. The van der Waals surface area contributed by atoms with E-state index in [1.54, 1.807) is 19.9 Å². The molecule has 1 heterocycles. The average molecular weight is 418 g/mol. The number of esters is 1. The van der Waals surface area contributed by atoms with Gasteiger partial charge < -0.3 is 9.72 Å². The predicted octanol–water partition coefficient (Wildman–Crippen LogP) is 4.34. The molecule has 136 valence electrons. The van der Waals surface area contributed by atoms with Crippen LogP contribution < -0.4 is 0 Å². The van der Waals surface area contributed by atoms with Crippen molar-refractivity contribution in [3.63, 3.8) is 0 Å². The van der Waals surface area contributed by atoms with Crippen molar-refractivity contribution in [3.05, 3.63) is 62.4 Å². The SMILES string of the molecule is CC(=O)c1c(C)[nH]c(C(=O)COC(=O)/C=C/c2ccc(C)cc2Br)c1C. The van der Waals surface area contributed by atoms with E-state index in [0.29, 0.717) is 22.5 Å². The number of hydrogen-bond acceptors (Lipinski definition) is 4. The number of aromatic amines is 1. The Morgan fingerprint density at radius 3 is 2.46 bits per heavy atom. The number of H-pyrrole nitrogens is 1. The topological polar surface area (TPSA) is 76.2 Å². The van der Waals surface area contributed by atoms with Gasteiger partial charge in [0.25, 0.3) is 0 Å². The van der Waals surface area contributed by atoms with Crippen LogP contribution in [0.2, 0.25) is 0 Å². The lowest BCUT2D eigenvalue weighted by Gasteiger charge is -2.03. The molecule has 0 atom stereocenters. The number of carbonyl (C=O) groups excluding carboxylic acids is 3. The van der Waals surface area contributed by atoms with Crippen molar-refractivity contribution in [2.45, 2.75) is 27.7 Å². The average Bonchev–Trinajstić information content (AvgIpc) is 2.86. The van der Waals surface area contributed by atoms with Crippen LogP contribution >= 0.6 is 15.9 Å². The molecule has 0 aliphatic rings. The lowest BCUT2D eigenvalue weighted by molar-refractivity contribution is -0.136. The van der Waals surface area contributed by atoms with Crippen LogP contribution in [0.25, 0.3) is 6.08 Å². The van der Waals surface area contributed by atoms with E-state index in [0.717, 1.165) is 15.6 Å². The summed E-state index contributed by atoms with van der Waals surface area (Å²) in [4.78, 5) is 38.7. The second-order valence-electron chi connectivity index (χ2n) is 6.07. The van der Waals surface area contributed by atoms with Gasteiger partial charge >= 0.3 is 5.97 Å². The zero-order chi connectivity index (χ0) is 19.4. The fourth-order valence-corrected chi connectivity index (χ4v) is 3.36. The number of aromatic nitrogens is 1. The zero-order valence-corrected chi connectivity index (χ0v) is 16.7. The van der Waals surface area contributed by atoms with Gasteiger partial charge in [-0.2, -0.15) is 0 Å². The lowest BCUT2D eigenvalue weighted by Crippen LogP contribution is -2.14. The molecule has 0 aliphatic carbocycles. The molecule has 1 N–H and O–H groups in total. The molecule has 0 saturated carbocycles. The number of nitrogens with one attached hydrogen (secondary N) is 1. The first-order valence-electron chi connectivity index (χ1n) is 8.05. The molecule has 2 aromatic rings. The summed E-state index contributed by atoms with van der Waals surface area (Å²) in [6.07, 6.45) is 2.89. The third-order valence-corrected chi connectivity index (χ3v) is 4.66. The Morgan fingerprint density at radius 1 is 1.19 bits per heavy atom. The Labute approximate surface area is 160 Å². The van der Waals surface area contributed by atoms with E-state index in [1.165, 1.54) is 13.0 Å². The van der Waals surface area contributed by atoms with Crippen molar-refractivity contribution >= 4 is 39.5 Å². The van der Waals surface area contributed by atoms with E-state index in [-0.39, 0.29) is 11.6 Å². The molecule has 0 aliphatic heterocycles. The molecule has 0 spiro atoms. The van der Waals surface area contributed by atoms with E-state index in [9.17, 15) is 14.4 Å². The monoisotopic (exact) mass is 417 g/mol. The van der Waals surface area contributed by atoms with E-state index < -0.39 is 12.6 Å². The highest BCUT2D eigenvalue weighted by atomic mass is 79.9. The Balaban J connectivity index is 2.01. The van der Waals surface area contributed by atoms with Gasteiger partial charge in [-0.1, -0.05) is 28.1 Å². The van der Waals surface area contributed by atoms with Crippen LogP contribution in [0.4, 0.5) is 0 Å². The number of benzene rings is 1. The smallest absolute Gasteiger partial charge is 0.331 e. The predicted molar refractivity (Wildman–Crippen MR) is 103 cm³/mol. The number of rotatable bonds is 6. The maximum absolute atomic E-state index is 12.3. The van der Waals surface area contributed by atoms with E-state index in [1.807, 2.05) is 25.1 Å².